The van der Waals surface area contributed by atoms with Crippen LogP contribution in [0.25, 0.3) is 0 Å². The lowest BCUT2D eigenvalue weighted by molar-refractivity contribution is -0.141. The molecule has 0 radical (unpaired) electrons. The molecule has 1 aromatic heterocycles. The van der Waals surface area contributed by atoms with Gasteiger partial charge < -0.3 is 14.8 Å². The molecular weight excluding hydrogens is 256 g/mol. The van der Waals surface area contributed by atoms with Gasteiger partial charge in [-0.2, -0.15) is 11.8 Å². The van der Waals surface area contributed by atoms with E-state index in [1.807, 2.05) is 6.92 Å². The number of hydrogen-bond acceptors (Lipinski definition) is 5. The van der Waals surface area contributed by atoms with Crippen molar-refractivity contribution < 1.29 is 19.1 Å². The van der Waals surface area contributed by atoms with Crippen LogP contribution >= 0.6 is 11.8 Å². The van der Waals surface area contributed by atoms with Crippen LogP contribution in [0.1, 0.15) is 24.8 Å². The molecule has 0 aliphatic rings. The molecule has 0 saturated heterocycles. The summed E-state index contributed by atoms with van der Waals surface area (Å²) >= 11 is 1.56. The van der Waals surface area contributed by atoms with Gasteiger partial charge in [-0.05, 0) is 19.1 Å². The van der Waals surface area contributed by atoms with Crippen LogP contribution in [0.2, 0.25) is 0 Å². The van der Waals surface area contributed by atoms with Crippen molar-refractivity contribution in [2.24, 2.45) is 0 Å². The number of thioether (sulfide) groups is 1. The van der Waals surface area contributed by atoms with Gasteiger partial charge in [0.25, 0.3) is 0 Å². The predicted octanol–water partition coefficient (Wildman–Crippen LogP) is 1.20. The van der Waals surface area contributed by atoms with Gasteiger partial charge in [-0.15, -0.1) is 0 Å². The zero-order valence-electron chi connectivity index (χ0n) is 10.3. The fourth-order valence-electron chi connectivity index (χ4n) is 1.34. The Morgan fingerprint density at radius 3 is 2.83 bits per heavy atom. The lowest BCUT2D eigenvalue weighted by atomic mass is 10.2. The minimum Gasteiger partial charge on any atom is -0.480 e. The number of carbonyl (C=O) groups excluding carboxylic acids is 1. The van der Waals surface area contributed by atoms with Crippen molar-refractivity contribution >= 4 is 23.6 Å². The van der Waals surface area contributed by atoms with Crippen LogP contribution in [-0.2, 0) is 15.3 Å². The number of nitrogens with zero attached hydrogens (tertiary/aromatic N) is 1. The van der Waals surface area contributed by atoms with Crippen molar-refractivity contribution in [3.05, 3.63) is 17.8 Å². The fourth-order valence-corrected chi connectivity index (χ4v) is 2.36. The van der Waals surface area contributed by atoms with Crippen molar-refractivity contribution in [2.45, 2.75) is 32.1 Å². The first-order valence-electron chi connectivity index (χ1n) is 5.47. The first-order valence-corrected chi connectivity index (χ1v) is 6.62. The lowest BCUT2D eigenvalue weighted by Gasteiger charge is -2.12. The highest BCUT2D eigenvalue weighted by Gasteiger charge is 2.17. The molecule has 0 aliphatic heterocycles. The fraction of sp³-hybridized carbons (Fsp3) is 0.545. The topological polar surface area (TPSA) is 92.4 Å². The number of amides is 1. The van der Waals surface area contributed by atoms with E-state index in [0.29, 0.717) is 17.9 Å². The van der Waals surface area contributed by atoms with E-state index in [1.54, 1.807) is 11.8 Å². The molecule has 100 valence electrons. The second-order valence-corrected chi connectivity index (χ2v) is 4.89. The molecule has 1 aromatic rings. The average molecular weight is 272 g/mol. The van der Waals surface area contributed by atoms with Crippen LogP contribution in [0.15, 0.2) is 10.8 Å². The smallest absolute Gasteiger partial charge is 0.326 e. The van der Waals surface area contributed by atoms with Crippen molar-refractivity contribution in [3.63, 3.8) is 0 Å². The molecule has 2 N–H and O–H groups in total. The summed E-state index contributed by atoms with van der Waals surface area (Å²) in [5.74, 6) is 0.737. The molecule has 1 amide bonds. The maximum absolute atomic E-state index is 10.9. The second kappa shape index (κ2) is 7.05. The SMILES string of the molecule is CC(=O)NC(CCSCc1ncoc1C)C(=O)O. The van der Waals surface area contributed by atoms with Crippen LogP contribution in [0.5, 0.6) is 0 Å². The zero-order valence-corrected chi connectivity index (χ0v) is 11.1. The number of hydrogen-bond donors (Lipinski definition) is 2. The predicted molar refractivity (Wildman–Crippen MR) is 67.3 cm³/mol. The Bertz CT molecular complexity index is 419. The third-order valence-corrected chi connectivity index (χ3v) is 3.31. The number of carboxylic acid groups (broad SMARTS) is 1. The number of oxazole rings is 1. The number of aliphatic carboxylic acids is 1. The lowest BCUT2D eigenvalue weighted by Crippen LogP contribution is -2.39. The summed E-state index contributed by atoms with van der Waals surface area (Å²) < 4.78 is 5.06. The molecule has 18 heavy (non-hydrogen) atoms. The van der Waals surface area contributed by atoms with E-state index < -0.39 is 12.0 Å². The second-order valence-electron chi connectivity index (χ2n) is 3.79. The van der Waals surface area contributed by atoms with Crippen LogP contribution < -0.4 is 5.32 Å². The van der Waals surface area contributed by atoms with Gasteiger partial charge in [-0.1, -0.05) is 0 Å². The molecule has 0 aromatic carbocycles. The largest absolute Gasteiger partial charge is 0.480 e. The Kier molecular flexibility index (Phi) is 5.70. The number of carbonyl (C=O) groups is 2. The number of aromatic nitrogens is 1. The number of aryl methyl sites for hydroxylation is 1. The van der Waals surface area contributed by atoms with Gasteiger partial charge in [0.2, 0.25) is 5.91 Å². The molecule has 1 heterocycles. The van der Waals surface area contributed by atoms with E-state index in [2.05, 4.69) is 10.3 Å². The molecule has 1 atom stereocenters. The van der Waals surface area contributed by atoms with E-state index >= 15 is 0 Å². The van der Waals surface area contributed by atoms with Gasteiger partial charge in [0, 0.05) is 12.7 Å². The van der Waals surface area contributed by atoms with Crippen molar-refractivity contribution in [1.82, 2.24) is 10.3 Å². The molecule has 0 bridgehead atoms. The summed E-state index contributed by atoms with van der Waals surface area (Å²) in [6.07, 6.45) is 1.78. The number of rotatable bonds is 7. The van der Waals surface area contributed by atoms with E-state index in [9.17, 15) is 9.59 Å². The summed E-state index contributed by atoms with van der Waals surface area (Å²) in [6, 6.07) is -0.826. The number of nitrogens with one attached hydrogen (secondary N) is 1. The maximum atomic E-state index is 10.9. The van der Waals surface area contributed by atoms with Crippen molar-refractivity contribution in [3.8, 4) is 0 Å². The first-order chi connectivity index (χ1) is 8.50. The monoisotopic (exact) mass is 272 g/mol. The normalized spacial score (nSPS) is 12.1. The van der Waals surface area contributed by atoms with Crippen LogP contribution in [-0.4, -0.2) is 33.8 Å². The summed E-state index contributed by atoms with van der Waals surface area (Å²) in [6.45, 7) is 3.14. The Balaban J connectivity index is 2.29. The van der Waals surface area contributed by atoms with E-state index in [-0.39, 0.29) is 5.91 Å². The molecule has 7 heteroatoms. The van der Waals surface area contributed by atoms with Gasteiger partial charge in [0.1, 0.15) is 11.8 Å². The van der Waals surface area contributed by atoms with Crippen LogP contribution in [0, 0.1) is 6.92 Å². The minimum atomic E-state index is -1.01. The molecule has 0 spiro atoms. The van der Waals surface area contributed by atoms with Crippen LogP contribution in [0.3, 0.4) is 0 Å². The molecule has 0 fully saturated rings. The highest BCUT2D eigenvalue weighted by molar-refractivity contribution is 7.98. The molecule has 1 rings (SSSR count). The molecule has 0 saturated carbocycles. The van der Waals surface area contributed by atoms with E-state index in [0.717, 1.165) is 11.5 Å². The van der Waals surface area contributed by atoms with E-state index in [1.165, 1.54) is 13.3 Å². The Morgan fingerprint density at radius 2 is 2.33 bits per heavy atom. The molecule has 0 aliphatic carbocycles. The summed E-state index contributed by atoms with van der Waals surface area (Å²) in [7, 11) is 0. The Hall–Kier alpha value is -1.50. The van der Waals surface area contributed by atoms with Gasteiger partial charge in [0.05, 0.1) is 5.69 Å². The van der Waals surface area contributed by atoms with Gasteiger partial charge in [-0.3, -0.25) is 4.79 Å². The summed E-state index contributed by atoms with van der Waals surface area (Å²) in [5.41, 5.74) is 0.867. The van der Waals surface area contributed by atoms with Gasteiger partial charge in [-0.25, -0.2) is 9.78 Å². The quantitative estimate of drug-likeness (QED) is 0.724. The molecule has 6 nitrogen and oxygen atoms in total. The Morgan fingerprint density at radius 1 is 1.61 bits per heavy atom. The highest BCUT2D eigenvalue weighted by Crippen LogP contribution is 2.15. The summed E-state index contributed by atoms with van der Waals surface area (Å²) in [5, 5.41) is 11.3. The molecular formula is C11H16N2O4S. The zero-order chi connectivity index (χ0) is 13.5. The Labute approximate surface area is 109 Å². The summed E-state index contributed by atoms with van der Waals surface area (Å²) in [4.78, 5) is 25.7. The number of carboxylic acids is 1. The van der Waals surface area contributed by atoms with Gasteiger partial charge in [0.15, 0.2) is 6.39 Å². The minimum absolute atomic E-state index is 0.334. The standard InChI is InChI=1S/C11H16N2O4S/c1-7-10(12-6-17-7)5-18-4-3-9(11(15)16)13-8(2)14/h6,9H,3-5H2,1-2H3,(H,13,14)(H,15,16). The highest BCUT2D eigenvalue weighted by atomic mass is 32.2. The molecule has 1 unspecified atom stereocenters. The first kappa shape index (κ1) is 14.6. The average Bonchev–Trinajstić information content (AvgIpc) is 2.68. The van der Waals surface area contributed by atoms with Gasteiger partial charge >= 0.3 is 5.97 Å². The van der Waals surface area contributed by atoms with Crippen molar-refractivity contribution in [2.75, 3.05) is 5.75 Å². The van der Waals surface area contributed by atoms with Crippen LogP contribution in [0.4, 0.5) is 0 Å². The maximum Gasteiger partial charge on any atom is 0.326 e. The van der Waals surface area contributed by atoms with E-state index in [4.69, 9.17) is 9.52 Å². The third-order valence-electron chi connectivity index (χ3n) is 2.31. The van der Waals surface area contributed by atoms with Crippen molar-refractivity contribution in [1.29, 1.82) is 0 Å². The third kappa shape index (κ3) is 4.79.